The second-order valence-corrected chi connectivity index (χ2v) is 5.90. The third kappa shape index (κ3) is 3.84. The molecule has 1 saturated carbocycles. The van der Waals surface area contributed by atoms with Crippen LogP contribution in [0.5, 0.6) is 0 Å². The van der Waals surface area contributed by atoms with Gasteiger partial charge in [-0.2, -0.15) is 0 Å². The number of allylic oxidation sites excluding steroid dienone is 1. The first-order valence-electron chi connectivity index (χ1n) is 7.78. The summed E-state index contributed by atoms with van der Waals surface area (Å²) < 4.78 is 0. The van der Waals surface area contributed by atoms with Crippen molar-refractivity contribution in [3.05, 3.63) is 11.6 Å². The summed E-state index contributed by atoms with van der Waals surface area (Å²) in [6, 6.07) is 0.688. The van der Waals surface area contributed by atoms with Crippen LogP contribution in [0.25, 0.3) is 0 Å². The van der Waals surface area contributed by atoms with Gasteiger partial charge < -0.3 is 5.32 Å². The van der Waals surface area contributed by atoms with E-state index in [4.69, 9.17) is 0 Å². The smallest absolute Gasteiger partial charge is 0.0305 e. The van der Waals surface area contributed by atoms with Crippen molar-refractivity contribution in [2.24, 2.45) is 5.92 Å². The Hall–Kier alpha value is -0.300. The van der Waals surface area contributed by atoms with E-state index in [-0.39, 0.29) is 0 Å². The summed E-state index contributed by atoms with van der Waals surface area (Å²) in [6.45, 7) is 0. The van der Waals surface area contributed by atoms with E-state index in [1.54, 1.807) is 5.57 Å². The molecular formula is C16H29N. The summed E-state index contributed by atoms with van der Waals surface area (Å²) in [7, 11) is 2.17. The van der Waals surface area contributed by atoms with Gasteiger partial charge in [-0.05, 0) is 51.5 Å². The largest absolute Gasteiger partial charge is 0.313 e. The van der Waals surface area contributed by atoms with Crippen LogP contribution in [0, 0.1) is 5.92 Å². The third-order valence-corrected chi connectivity index (χ3v) is 4.66. The van der Waals surface area contributed by atoms with Crippen molar-refractivity contribution in [3.63, 3.8) is 0 Å². The number of rotatable bonds is 3. The summed E-state index contributed by atoms with van der Waals surface area (Å²) >= 11 is 0. The van der Waals surface area contributed by atoms with Crippen LogP contribution in [0.4, 0.5) is 0 Å². The Kier molecular flexibility index (Phi) is 5.57. The van der Waals surface area contributed by atoms with Crippen LogP contribution in [0.3, 0.4) is 0 Å². The van der Waals surface area contributed by atoms with E-state index >= 15 is 0 Å². The molecule has 1 heteroatoms. The highest BCUT2D eigenvalue weighted by Crippen LogP contribution is 2.32. The Labute approximate surface area is 107 Å². The molecule has 0 amide bonds. The molecule has 0 aromatic heterocycles. The predicted molar refractivity (Wildman–Crippen MR) is 75.2 cm³/mol. The van der Waals surface area contributed by atoms with Gasteiger partial charge in [-0.3, -0.25) is 0 Å². The lowest BCUT2D eigenvalue weighted by Crippen LogP contribution is -2.36. The lowest BCUT2D eigenvalue weighted by atomic mass is 9.79. The molecule has 1 unspecified atom stereocenters. The minimum Gasteiger partial charge on any atom is -0.313 e. The van der Waals surface area contributed by atoms with Crippen LogP contribution in [0.1, 0.15) is 70.6 Å². The van der Waals surface area contributed by atoms with Gasteiger partial charge in [-0.15, -0.1) is 0 Å². The number of hydrogen-bond donors (Lipinski definition) is 1. The zero-order valence-electron chi connectivity index (χ0n) is 11.5. The standard InChI is InChI=1S/C16H29N/c1-17-16(15-12-8-5-9-13-15)14-10-6-3-2-4-7-11-14/h10,15-17H,2-9,11-13H2,1H3. The molecular weight excluding hydrogens is 206 g/mol. The number of nitrogens with one attached hydrogen (secondary N) is 1. The van der Waals surface area contributed by atoms with Crippen molar-refractivity contribution in [1.29, 1.82) is 0 Å². The zero-order valence-corrected chi connectivity index (χ0v) is 11.5. The molecule has 0 aliphatic heterocycles. The van der Waals surface area contributed by atoms with Crippen molar-refractivity contribution in [1.82, 2.24) is 5.32 Å². The summed E-state index contributed by atoms with van der Waals surface area (Å²) in [5.74, 6) is 0.916. The quantitative estimate of drug-likeness (QED) is 0.713. The van der Waals surface area contributed by atoms with E-state index in [0.717, 1.165) is 5.92 Å². The van der Waals surface area contributed by atoms with E-state index in [9.17, 15) is 0 Å². The van der Waals surface area contributed by atoms with E-state index in [2.05, 4.69) is 18.4 Å². The molecule has 0 heterocycles. The van der Waals surface area contributed by atoms with Crippen molar-refractivity contribution in [2.75, 3.05) is 7.05 Å². The molecule has 0 saturated heterocycles. The SMILES string of the molecule is CNC(C1=CCCCCCC1)C1CCCCC1. The second kappa shape index (κ2) is 7.20. The Morgan fingerprint density at radius 3 is 2.47 bits per heavy atom. The third-order valence-electron chi connectivity index (χ3n) is 4.66. The molecule has 1 N–H and O–H groups in total. The van der Waals surface area contributed by atoms with Crippen molar-refractivity contribution in [2.45, 2.75) is 76.7 Å². The molecule has 2 rings (SSSR count). The zero-order chi connectivity index (χ0) is 11.9. The lowest BCUT2D eigenvalue weighted by molar-refractivity contribution is 0.296. The van der Waals surface area contributed by atoms with Gasteiger partial charge in [0.1, 0.15) is 0 Å². The molecule has 98 valence electrons. The monoisotopic (exact) mass is 235 g/mol. The first-order valence-corrected chi connectivity index (χ1v) is 7.78. The Balaban J connectivity index is 1.98. The fourth-order valence-electron chi connectivity index (χ4n) is 3.69. The highest BCUT2D eigenvalue weighted by atomic mass is 14.9. The summed E-state index contributed by atoms with van der Waals surface area (Å²) in [5.41, 5.74) is 1.74. The first-order chi connectivity index (χ1) is 8.42. The summed E-state index contributed by atoms with van der Waals surface area (Å²) in [6.07, 6.45) is 18.2. The first kappa shape index (κ1) is 13.1. The molecule has 0 radical (unpaired) electrons. The normalized spacial score (nSPS) is 25.8. The van der Waals surface area contributed by atoms with E-state index in [1.807, 2.05) is 0 Å². The summed E-state index contributed by atoms with van der Waals surface area (Å²) in [4.78, 5) is 0. The Morgan fingerprint density at radius 1 is 1.00 bits per heavy atom. The van der Waals surface area contributed by atoms with Crippen molar-refractivity contribution >= 4 is 0 Å². The van der Waals surface area contributed by atoms with Gasteiger partial charge in [-0.1, -0.05) is 43.8 Å². The Morgan fingerprint density at radius 2 is 1.71 bits per heavy atom. The predicted octanol–water partition coefficient (Wildman–Crippen LogP) is 4.44. The second-order valence-electron chi connectivity index (χ2n) is 5.90. The van der Waals surface area contributed by atoms with E-state index in [0.29, 0.717) is 6.04 Å². The fraction of sp³-hybridized carbons (Fsp3) is 0.875. The minimum absolute atomic E-state index is 0.688. The van der Waals surface area contributed by atoms with Gasteiger partial charge in [0.2, 0.25) is 0 Å². The minimum atomic E-state index is 0.688. The molecule has 1 atom stereocenters. The topological polar surface area (TPSA) is 12.0 Å². The van der Waals surface area contributed by atoms with Crippen LogP contribution in [-0.4, -0.2) is 13.1 Å². The van der Waals surface area contributed by atoms with Gasteiger partial charge in [0, 0.05) is 6.04 Å². The maximum atomic E-state index is 3.62. The molecule has 2 aliphatic carbocycles. The Bertz CT molecular complexity index is 238. The summed E-state index contributed by atoms with van der Waals surface area (Å²) in [5, 5.41) is 3.62. The van der Waals surface area contributed by atoms with Crippen LogP contribution < -0.4 is 5.32 Å². The molecule has 1 fully saturated rings. The van der Waals surface area contributed by atoms with E-state index in [1.165, 1.54) is 70.6 Å². The van der Waals surface area contributed by atoms with Crippen LogP contribution in [-0.2, 0) is 0 Å². The van der Waals surface area contributed by atoms with Crippen molar-refractivity contribution in [3.8, 4) is 0 Å². The average Bonchev–Trinajstić information content (AvgIpc) is 2.34. The average molecular weight is 235 g/mol. The van der Waals surface area contributed by atoms with Gasteiger partial charge in [-0.25, -0.2) is 0 Å². The molecule has 0 aromatic rings. The van der Waals surface area contributed by atoms with Gasteiger partial charge in [0.15, 0.2) is 0 Å². The van der Waals surface area contributed by atoms with Crippen LogP contribution >= 0.6 is 0 Å². The maximum absolute atomic E-state index is 3.62. The fourth-order valence-corrected chi connectivity index (χ4v) is 3.69. The highest BCUT2D eigenvalue weighted by molar-refractivity contribution is 5.13. The lowest BCUT2D eigenvalue weighted by Gasteiger charge is -2.32. The molecule has 2 aliphatic rings. The molecule has 0 aromatic carbocycles. The number of likely N-dealkylation sites (N-methyl/N-ethyl adjacent to an activating group) is 1. The van der Waals surface area contributed by atoms with Crippen molar-refractivity contribution < 1.29 is 0 Å². The molecule has 0 bridgehead atoms. The van der Waals surface area contributed by atoms with Gasteiger partial charge in [0.05, 0.1) is 0 Å². The van der Waals surface area contributed by atoms with Gasteiger partial charge >= 0.3 is 0 Å². The van der Waals surface area contributed by atoms with E-state index < -0.39 is 0 Å². The number of hydrogen-bond acceptors (Lipinski definition) is 1. The highest BCUT2D eigenvalue weighted by Gasteiger charge is 2.25. The van der Waals surface area contributed by atoms with Crippen LogP contribution in [0.2, 0.25) is 0 Å². The molecule has 1 nitrogen and oxygen atoms in total. The molecule has 0 spiro atoms. The maximum Gasteiger partial charge on any atom is 0.0305 e. The van der Waals surface area contributed by atoms with Crippen LogP contribution in [0.15, 0.2) is 11.6 Å². The van der Waals surface area contributed by atoms with Gasteiger partial charge in [0.25, 0.3) is 0 Å². The molecule has 17 heavy (non-hydrogen) atoms.